The second-order valence-corrected chi connectivity index (χ2v) is 5.95. The van der Waals surface area contributed by atoms with Gasteiger partial charge in [-0.1, -0.05) is 48.5 Å². The van der Waals surface area contributed by atoms with Crippen LogP contribution in [0.2, 0.25) is 0 Å². The Morgan fingerprint density at radius 3 is 2.32 bits per heavy atom. The van der Waals surface area contributed by atoms with Gasteiger partial charge in [-0.05, 0) is 35.9 Å². The summed E-state index contributed by atoms with van der Waals surface area (Å²) in [6.07, 6.45) is 2.86. The van der Waals surface area contributed by atoms with Gasteiger partial charge in [-0.2, -0.15) is 0 Å². The Morgan fingerprint density at radius 2 is 1.57 bits per heavy atom. The van der Waals surface area contributed by atoms with Gasteiger partial charge in [0.05, 0.1) is 4.92 Å². The predicted molar refractivity (Wildman–Crippen MR) is 107 cm³/mol. The average Bonchev–Trinajstić information content (AvgIpc) is 2.73. The highest BCUT2D eigenvalue weighted by Gasteiger charge is 2.08. The molecule has 0 spiro atoms. The van der Waals surface area contributed by atoms with E-state index in [1.807, 2.05) is 6.07 Å². The largest absolute Gasteiger partial charge is 0.322 e. The van der Waals surface area contributed by atoms with Crippen LogP contribution in [0.15, 0.2) is 84.9 Å². The highest BCUT2D eigenvalue weighted by Crippen LogP contribution is 2.16. The molecule has 6 heteroatoms. The fourth-order valence-electron chi connectivity index (χ4n) is 2.55. The summed E-state index contributed by atoms with van der Waals surface area (Å²) in [5, 5.41) is 13.6. The normalized spacial score (nSPS) is 10.6. The Labute approximate surface area is 161 Å². The number of anilines is 1. The van der Waals surface area contributed by atoms with Crippen LogP contribution in [0.4, 0.5) is 11.4 Å². The molecule has 3 aromatic rings. The fourth-order valence-corrected chi connectivity index (χ4v) is 2.55. The van der Waals surface area contributed by atoms with E-state index in [1.54, 1.807) is 60.7 Å². The standard InChI is InChI=1S/C22H16N2O4/c25-21(13-12-16-6-4-11-20(14-16)24(27)28)18-9-5-10-19(15-18)23-22(26)17-7-2-1-3-8-17/h1-15H,(H,23,26)/b13-12+. The third kappa shape index (κ3) is 4.76. The minimum absolute atomic E-state index is 0.0415. The van der Waals surface area contributed by atoms with Gasteiger partial charge in [-0.25, -0.2) is 0 Å². The third-order valence-electron chi connectivity index (χ3n) is 3.95. The zero-order valence-electron chi connectivity index (χ0n) is 14.7. The molecule has 0 atom stereocenters. The van der Waals surface area contributed by atoms with Crippen LogP contribution in [0.5, 0.6) is 0 Å². The molecule has 0 aliphatic rings. The lowest BCUT2D eigenvalue weighted by atomic mass is 10.1. The van der Waals surface area contributed by atoms with Crippen LogP contribution in [0.1, 0.15) is 26.3 Å². The molecule has 0 heterocycles. The second-order valence-electron chi connectivity index (χ2n) is 5.95. The van der Waals surface area contributed by atoms with Crippen molar-refractivity contribution in [3.8, 4) is 0 Å². The van der Waals surface area contributed by atoms with Crippen molar-refractivity contribution in [1.82, 2.24) is 0 Å². The van der Waals surface area contributed by atoms with Gasteiger partial charge in [0.15, 0.2) is 5.78 Å². The van der Waals surface area contributed by atoms with Crippen molar-refractivity contribution < 1.29 is 14.5 Å². The molecule has 0 unspecified atom stereocenters. The van der Waals surface area contributed by atoms with E-state index in [-0.39, 0.29) is 17.4 Å². The summed E-state index contributed by atoms with van der Waals surface area (Å²) in [5.74, 6) is -0.542. The Kier molecular flexibility index (Phi) is 5.72. The number of hydrogen-bond acceptors (Lipinski definition) is 4. The van der Waals surface area contributed by atoms with Crippen molar-refractivity contribution in [1.29, 1.82) is 0 Å². The zero-order chi connectivity index (χ0) is 19.9. The summed E-state index contributed by atoms with van der Waals surface area (Å²) >= 11 is 0. The lowest BCUT2D eigenvalue weighted by Gasteiger charge is -2.06. The summed E-state index contributed by atoms with van der Waals surface area (Å²) in [5.41, 5.74) is 1.93. The van der Waals surface area contributed by atoms with E-state index < -0.39 is 4.92 Å². The van der Waals surface area contributed by atoms with Gasteiger partial charge in [0.1, 0.15) is 0 Å². The first kappa shape index (κ1) is 18.7. The van der Waals surface area contributed by atoms with Gasteiger partial charge >= 0.3 is 0 Å². The Bertz CT molecular complexity index is 1060. The third-order valence-corrected chi connectivity index (χ3v) is 3.95. The van der Waals surface area contributed by atoms with Crippen LogP contribution >= 0.6 is 0 Å². The number of nitro groups is 1. The SMILES string of the molecule is O=C(/C=C/c1cccc([N+](=O)[O-])c1)c1cccc(NC(=O)c2ccccc2)c1. The molecule has 138 valence electrons. The summed E-state index contributed by atoms with van der Waals surface area (Å²) < 4.78 is 0. The molecule has 3 rings (SSSR count). The first-order valence-electron chi connectivity index (χ1n) is 8.46. The topological polar surface area (TPSA) is 89.3 Å². The molecule has 0 aromatic heterocycles. The maximum absolute atomic E-state index is 12.4. The van der Waals surface area contributed by atoms with Crippen LogP contribution < -0.4 is 5.32 Å². The highest BCUT2D eigenvalue weighted by molar-refractivity contribution is 6.08. The zero-order valence-corrected chi connectivity index (χ0v) is 14.7. The first-order valence-corrected chi connectivity index (χ1v) is 8.46. The first-order chi connectivity index (χ1) is 13.5. The number of benzene rings is 3. The van der Waals surface area contributed by atoms with Gasteiger partial charge in [0.25, 0.3) is 11.6 Å². The van der Waals surface area contributed by atoms with E-state index in [1.165, 1.54) is 24.3 Å². The minimum atomic E-state index is -0.488. The summed E-state index contributed by atoms with van der Waals surface area (Å²) in [6, 6.07) is 21.4. The Balaban J connectivity index is 1.72. The number of carbonyl (C=O) groups excluding carboxylic acids is 2. The van der Waals surface area contributed by atoms with Crippen LogP contribution in [-0.4, -0.2) is 16.6 Å². The average molecular weight is 372 g/mol. The number of nitro benzene ring substituents is 1. The molecular formula is C22H16N2O4. The number of rotatable bonds is 6. The molecule has 0 saturated carbocycles. The van der Waals surface area contributed by atoms with Crippen molar-refractivity contribution in [2.75, 3.05) is 5.32 Å². The molecule has 0 fully saturated rings. The molecule has 6 nitrogen and oxygen atoms in total. The van der Waals surface area contributed by atoms with Crippen LogP contribution in [0.3, 0.4) is 0 Å². The molecule has 28 heavy (non-hydrogen) atoms. The molecule has 0 aliphatic heterocycles. The number of amides is 1. The van der Waals surface area contributed by atoms with Gasteiger partial charge in [-0.3, -0.25) is 19.7 Å². The summed E-state index contributed by atoms with van der Waals surface area (Å²) in [7, 11) is 0. The van der Waals surface area contributed by atoms with Crippen molar-refractivity contribution in [3.05, 3.63) is 112 Å². The van der Waals surface area contributed by atoms with Crippen molar-refractivity contribution in [3.63, 3.8) is 0 Å². The Hall–Kier alpha value is -4.06. The molecule has 0 bridgehead atoms. The second kappa shape index (κ2) is 8.55. The van der Waals surface area contributed by atoms with Crippen molar-refractivity contribution in [2.45, 2.75) is 0 Å². The van der Waals surface area contributed by atoms with Crippen LogP contribution in [0, 0.1) is 10.1 Å². The summed E-state index contributed by atoms with van der Waals surface area (Å²) in [6.45, 7) is 0. The molecule has 1 N–H and O–H groups in total. The molecule has 1 amide bonds. The number of nitrogens with zero attached hydrogens (tertiary/aromatic N) is 1. The van der Waals surface area contributed by atoms with E-state index in [0.29, 0.717) is 22.4 Å². The van der Waals surface area contributed by atoms with E-state index in [2.05, 4.69) is 5.32 Å². The lowest BCUT2D eigenvalue weighted by molar-refractivity contribution is -0.384. The van der Waals surface area contributed by atoms with Crippen LogP contribution in [0.25, 0.3) is 6.08 Å². The molecule has 0 aliphatic carbocycles. The monoisotopic (exact) mass is 372 g/mol. The van der Waals surface area contributed by atoms with E-state index >= 15 is 0 Å². The number of nitrogens with one attached hydrogen (secondary N) is 1. The smallest absolute Gasteiger partial charge is 0.270 e. The minimum Gasteiger partial charge on any atom is -0.322 e. The summed E-state index contributed by atoms with van der Waals surface area (Å²) in [4.78, 5) is 35.0. The van der Waals surface area contributed by atoms with Crippen molar-refractivity contribution >= 4 is 29.1 Å². The lowest BCUT2D eigenvalue weighted by Crippen LogP contribution is -2.12. The van der Waals surface area contributed by atoms with Gasteiger partial charge in [0.2, 0.25) is 0 Å². The number of carbonyl (C=O) groups is 2. The molecule has 0 radical (unpaired) electrons. The highest BCUT2D eigenvalue weighted by atomic mass is 16.6. The van der Waals surface area contributed by atoms with E-state index in [0.717, 1.165) is 0 Å². The number of non-ortho nitro benzene ring substituents is 1. The fraction of sp³-hybridized carbons (Fsp3) is 0. The van der Waals surface area contributed by atoms with E-state index in [4.69, 9.17) is 0 Å². The predicted octanol–water partition coefficient (Wildman–Crippen LogP) is 4.74. The molecular weight excluding hydrogens is 356 g/mol. The number of ketones is 1. The van der Waals surface area contributed by atoms with E-state index in [9.17, 15) is 19.7 Å². The number of hydrogen-bond donors (Lipinski definition) is 1. The quantitative estimate of drug-likeness (QED) is 0.293. The number of allylic oxidation sites excluding steroid dienone is 1. The molecule has 0 saturated heterocycles. The maximum atomic E-state index is 12.4. The van der Waals surface area contributed by atoms with Gasteiger partial charge < -0.3 is 5.32 Å². The molecule has 3 aromatic carbocycles. The Morgan fingerprint density at radius 1 is 0.857 bits per heavy atom. The van der Waals surface area contributed by atoms with Gasteiger partial charge in [-0.15, -0.1) is 0 Å². The van der Waals surface area contributed by atoms with Gasteiger partial charge in [0, 0.05) is 28.9 Å². The van der Waals surface area contributed by atoms with Crippen LogP contribution in [-0.2, 0) is 0 Å². The maximum Gasteiger partial charge on any atom is 0.270 e. The van der Waals surface area contributed by atoms with Crippen molar-refractivity contribution in [2.24, 2.45) is 0 Å².